The van der Waals surface area contributed by atoms with E-state index in [2.05, 4.69) is 0 Å². The normalized spacial score (nSPS) is 14.0. The molecule has 1 aromatic rings. The van der Waals surface area contributed by atoms with Crippen LogP contribution in [0.3, 0.4) is 0 Å². The van der Waals surface area contributed by atoms with Crippen LogP contribution in [0.1, 0.15) is 45.0 Å². The lowest BCUT2D eigenvalue weighted by Crippen LogP contribution is -2.25. The minimum atomic E-state index is -1.67. The van der Waals surface area contributed by atoms with Crippen molar-refractivity contribution in [3.63, 3.8) is 0 Å². The molecule has 0 aliphatic rings. The van der Waals surface area contributed by atoms with Crippen LogP contribution in [0, 0.1) is 0 Å². The molecule has 0 N–H and O–H groups in total. The number of ether oxygens (including phenoxy) is 2. The number of hydrogen-bond donors (Lipinski definition) is 0. The first kappa shape index (κ1) is 19.6. The molecule has 0 spiro atoms. The lowest BCUT2D eigenvalue weighted by Gasteiger charge is -2.19. The van der Waals surface area contributed by atoms with E-state index in [-0.39, 0.29) is 22.1 Å². The molecule has 5 nitrogen and oxygen atoms in total. The van der Waals surface area contributed by atoms with Gasteiger partial charge in [0.2, 0.25) is 0 Å². The predicted octanol–water partition coefficient (Wildman–Crippen LogP) is 3.35. The summed E-state index contributed by atoms with van der Waals surface area (Å²) in [5, 5.41) is -0.706. The molecule has 1 rings (SSSR count). The monoisotopic (exact) mass is 360 g/mol. The number of esters is 2. The molecule has 0 fully saturated rings. The second-order valence-corrected chi connectivity index (χ2v) is 7.99. The lowest BCUT2D eigenvalue weighted by molar-refractivity contribution is -0.142. The van der Waals surface area contributed by atoms with E-state index < -0.39 is 33.6 Å². The summed E-state index contributed by atoms with van der Waals surface area (Å²) in [6, 6.07) is 4.33. The van der Waals surface area contributed by atoms with Crippen LogP contribution < -0.4 is 0 Å². The molecule has 2 atom stereocenters. The maximum atomic E-state index is 12.4. The zero-order chi connectivity index (χ0) is 17.8. The summed E-state index contributed by atoms with van der Waals surface area (Å²) in [4.78, 5) is 23.9. The van der Waals surface area contributed by atoms with Gasteiger partial charge >= 0.3 is 11.9 Å². The van der Waals surface area contributed by atoms with E-state index in [1.54, 1.807) is 27.7 Å². The van der Waals surface area contributed by atoms with E-state index in [9.17, 15) is 13.8 Å². The molecular weight excluding hydrogens is 340 g/mol. The van der Waals surface area contributed by atoms with Crippen LogP contribution in [0.25, 0.3) is 0 Å². The Kier molecular flexibility index (Phi) is 6.77. The molecule has 0 amide bonds. The van der Waals surface area contributed by atoms with Crippen LogP contribution in [0.15, 0.2) is 23.1 Å². The highest BCUT2D eigenvalue weighted by Crippen LogP contribution is 2.25. The summed E-state index contributed by atoms with van der Waals surface area (Å²) in [5.74, 6) is -1.08. The summed E-state index contributed by atoms with van der Waals surface area (Å²) in [7, 11) is -1.67. The number of carbonyl (C=O) groups is 2. The molecule has 7 heteroatoms. The van der Waals surface area contributed by atoms with Crippen LogP contribution >= 0.6 is 11.6 Å². The molecule has 0 bridgehead atoms. The van der Waals surface area contributed by atoms with Gasteiger partial charge in [0.25, 0.3) is 0 Å². The highest BCUT2D eigenvalue weighted by molar-refractivity contribution is 7.86. The summed E-state index contributed by atoms with van der Waals surface area (Å²) >= 11 is 6.11. The first-order chi connectivity index (χ1) is 10.6. The molecule has 0 aliphatic heterocycles. The minimum absolute atomic E-state index is 0.142. The predicted molar refractivity (Wildman–Crippen MR) is 89.1 cm³/mol. The lowest BCUT2D eigenvalue weighted by atomic mass is 10.1. The van der Waals surface area contributed by atoms with Gasteiger partial charge in [0, 0.05) is 0 Å². The van der Waals surface area contributed by atoms with Crippen molar-refractivity contribution in [2.24, 2.45) is 0 Å². The van der Waals surface area contributed by atoms with Gasteiger partial charge in [0.05, 0.1) is 32.9 Å². The average molecular weight is 361 g/mol. The van der Waals surface area contributed by atoms with Gasteiger partial charge in [-0.25, -0.2) is 4.79 Å². The van der Waals surface area contributed by atoms with Crippen molar-refractivity contribution in [1.29, 1.82) is 0 Å². The Hall–Kier alpha value is -1.40. The molecule has 0 heterocycles. The molecule has 0 aliphatic carbocycles. The molecule has 0 aromatic heterocycles. The fraction of sp³-hybridized carbons (Fsp3) is 0.500. The number of hydrogen-bond acceptors (Lipinski definition) is 5. The van der Waals surface area contributed by atoms with Gasteiger partial charge in [-0.3, -0.25) is 9.00 Å². The molecule has 0 saturated heterocycles. The van der Waals surface area contributed by atoms with Crippen molar-refractivity contribution in [3.05, 3.63) is 28.8 Å². The number of carbonyl (C=O) groups excluding carboxylic acids is 2. The zero-order valence-electron chi connectivity index (χ0n) is 13.8. The first-order valence-corrected chi connectivity index (χ1v) is 8.76. The van der Waals surface area contributed by atoms with Gasteiger partial charge in [-0.05, 0) is 52.8 Å². The van der Waals surface area contributed by atoms with Crippen LogP contribution in [-0.4, -0.2) is 33.6 Å². The fourth-order valence-corrected chi connectivity index (χ4v) is 3.15. The Bertz CT molecular complexity index is 621. The van der Waals surface area contributed by atoms with Gasteiger partial charge in [0.1, 0.15) is 10.9 Å². The summed E-state index contributed by atoms with van der Waals surface area (Å²) < 4.78 is 22.5. The minimum Gasteiger partial charge on any atom is -0.465 e. The number of halogens is 1. The van der Waals surface area contributed by atoms with Gasteiger partial charge in [-0.15, -0.1) is 0 Å². The van der Waals surface area contributed by atoms with E-state index in [0.717, 1.165) is 0 Å². The molecule has 0 saturated carbocycles. The van der Waals surface area contributed by atoms with Crippen LogP contribution in [0.4, 0.5) is 0 Å². The highest BCUT2D eigenvalue weighted by atomic mass is 35.5. The standard InChI is InChI=1S/C16H21ClO5S/c1-6-21-14(18)10(2)23(20)13-8-7-11(9-12(13)17)15(19)22-16(3,4)5/h7-10H,6H2,1-5H3. The fourth-order valence-electron chi connectivity index (χ4n) is 1.67. The molecule has 0 radical (unpaired) electrons. The Morgan fingerprint density at radius 1 is 1.30 bits per heavy atom. The Labute approximate surface area is 143 Å². The van der Waals surface area contributed by atoms with E-state index in [1.807, 2.05) is 0 Å². The third kappa shape index (κ3) is 5.62. The topological polar surface area (TPSA) is 69.7 Å². The maximum Gasteiger partial charge on any atom is 0.338 e. The van der Waals surface area contributed by atoms with Gasteiger partial charge < -0.3 is 9.47 Å². The molecule has 128 valence electrons. The van der Waals surface area contributed by atoms with Crippen molar-refractivity contribution < 1.29 is 23.3 Å². The van der Waals surface area contributed by atoms with Gasteiger partial charge in [-0.1, -0.05) is 11.6 Å². The molecule has 1 aromatic carbocycles. The molecular formula is C16H21ClO5S. The number of benzene rings is 1. The van der Waals surface area contributed by atoms with Crippen molar-refractivity contribution in [2.75, 3.05) is 6.61 Å². The van der Waals surface area contributed by atoms with Gasteiger partial charge in [-0.2, -0.15) is 0 Å². The van der Waals surface area contributed by atoms with Crippen molar-refractivity contribution in [1.82, 2.24) is 0 Å². The van der Waals surface area contributed by atoms with E-state index >= 15 is 0 Å². The quantitative estimate of drug-likeness (QED) is 0.753. The third-order valence-electron chi connectivity index (χ3n) is 2.72. The molecule has 23 heavy (non-hydrogen) atoms. The summed E-state index contributed by atoms with van der Waals surface area (Å²) in [6.45, 7) is 8.68. The second-order valence-electron chi connectivity index (χ2n) is 5.84. The Morgan fingerprint density at radius 3 is 2.39 bits per heavy atom. The maximum absolute atomic E-state index is 12.4. The third-order valence-corrected chi connectivity index (χ3v) is 4.77. The number of rotatable bonds is 5. The van der Waals surface area contributed by atoms with E-state index in [1.165, 1.54) is 25.1 Å². The SMILES string of the molecule is CCOC(=O)C(C)S(=O)c1ccc(C(=O)OC(C)(C)C)cc1Cl. The molecule has 2 unspecified atom stereocenters. The largest absolute Gasteiger partial charge is 0.465 e. The van der Waals surface area contributed by atoms with Crippen LogP contribution in [-0.2, 0) is 25.1 Å². The van der Waals surface area contributed by atoms with Crippen LogP contribution in [0.5, 0.6) is 0 Å². The van der Waals surface area contributed by atoms with E-state index in [4.69, 9.17) is 21.1 Å². The average Bonchev–Trinajstić information content (AvgIpc) is 2.44. The Morgan fingerprint density at radius 2 is 1.91 bits per heavy atom. The van der Waals surface area contributed by atoms with E-state index in [0.29, 0.717) is 0 Å². The van der Waals surface area contributed by atoms with Crippen molar-refractivity contribution in [2.45, 2.75) is 50.4 Å². The summed E-state index contributed by atoms with van der Waals surface area (Å²) in [5.41, 5.74) is -0.363. The Balaban J connectivity index is 2.98. The summed E-state index contributed by atoms with van der Waals surface area (Å²) in [6.07, 6.45) is 0. The van der Waals surface area contributed by atoms with Crippen molar-refractivity contribution in [3.8, 4) is 0 Å². The second kappa shape index (κ2) is 7.93. The zero-order valence-corrected chi connectivity index (χ0v) is 15.4. The smallest absolute Gasteiger partial charge is 0.338 e. The first-order valence-electron chi connectivity index (χ1n) is 7.17. The van der Waals surface area contributed by atoms with Crippen LogP contribution in [0.2, 0.25) is 5.02 Å². The van der Waals surface area contributed by atoms with Gasteiger partial charge in [0.15, 0.2) is 0 Å². The highest BCUT2D eigenvalue weighted by Gasteiger charge is 2.25. The van der Waals surface area contributed by atoms with Crippen molar-refractivity contribution >= 4 is 34.3 Å².